The number of nitrogens with zero attached hydrogens (tertiary/aromatic N) is 2. The highest BCUT2D eigenvalue weighted by Gasteiger charge is 2.19. The van der Waals surface area contributed by atoms with Crippen LogP contribution in [0.5, 0.6) is 0 Å². The van der Waals surface area contributed by atoms with E-state index in [1.807, 2.05) is 0 Å². The number of alkyl halides is 2. The lowest BCUT2D eigenvalue weighted by atomic mass is 10.1. The van der Waals surface area contributed by atoms with E-state index in [2.05, 4.69) is 5.32 Å². The molecule has 0 atom stereocenters. The minimum absolute atomic E-state index is 0.117. The van der Waals surface area contributed by atoms with E-state index in [1.165, 1.54) is 6.07 Å². The van der Waals surface area contributed by atoms with Gasteiger partial charge in [0, 0.05) is 18.2 Å². The molecule has 1 N–H and O–H groups in total. The van der Waals surface area contributed by atoms with Crippen molar-refractivity contribution in [3.05, 3.63) is 44.0 Å². The molecule has 0 saturated carbocycles. The standard InChI is InChI=1S/C9H9F2N3O4/c10-9(11)5-12-4-6-1-2-7(13(15)16)3-8(6)14(17)18/h1-3,9,12H,4-5H2. The molecule has 1 rings (SSSR count). The molecule has 0 aromatic heterocycles. The summed E-state index contributed by atoms with van der Waals surface area (Å²) in [5, 5.41) is 23.5. The second-order valence-electron chi connectivity index (χ2n) is 3.35. The molecule has 1 aromatic rings. The lowest BCUT2D eigenvalue weighted by Crippen LogP contribution is -2.21. The molecule has 7 nitrogen and oxygen atoms in total. The second kappa shape index (κ2) is 5.96. The molecule has 0 heterocycles. The van der Waals surface area contributed by atoms with E-state index in [1.54, 1.807) is 0 Å². The first-order valence-electron chi connectivity index (χ1n) is 4.82. The Labute approximate surface area is 99.7 Å². The Bertz CT molecular complexity index is 467. The fourth-order valence-corrected chi connectivity index (χ4v) is 1.30. The van der Waals surface area contributed by atoms with Gasteiger partial charge in [0.1, 0.15) is 0 Å². The van der Waals surface area contributed by atoms with Crippen molar-refractivity contribution in [2.75, 3.05) is 6.54 Å². The summed E-state index contributed by atoms with van der Waals surface area (Å²) in [6.07, 6.45) is -2.57. The highest BCUT2D eigenvalue weighted by atomic mass is 19.3. The average Bonchev–Trinajstić information content (AvgIpc) is 2.28. The summed E-state index contributed by atoms with van der Waals surface area (Å²) in [6, 6.07) is 3.07. The smallest absolute Gasteiger partial charge is 0.280 e. The van der Waals surface area contributed by atoms with Gasteiger partial charge in [0.15, 0.2) is 0 Å². The molecule has 0 amide bonds. The van der Waals surface area contributed by atoms with Crippen LogP contribution in [0, 0.1) is 20.2 Å². The largest absolute Gasteiger partial charge is 0.307 e. The predicted octanol–water partition coefficient (Wildman–Crippen LogP) is 1.86. The van der Waals surface area contributed by atoms with Gasteiger partial charge < -0.3 is 5.32 Å². The van der Waals surface area contributed by atoms with Crippen LogP contribution in [-0.2, 0) is 6.54 Å². The second-order valence-corrected chi connectivity index (χ2v) is 3.35. The van der Waals surface area contributed by atoms with E-state index in [0.29, 0.717) is 0 Å². The topological polar surface area (TPSA) is 98.3 Å². The van der Waals surface area contributed by atoms with E-state index >= 15 is 0 Å². The van der Waals surface area contributed by atoms with Crippen molar-refractivity contribution in [1.29, 1.82) is 0 Å². The number of nitro groups is 2. The molecule has 0 aliphatic heterocycles. The monoisotopic (exact) mass is 261 g/mol. The van der Waals surface area contributed by atoms with Crippen molar-refractivity contribution in [3.8, 4) is 0 Å². The van der Waals surface area contributed by atoms with Gasteiger partial charge in [-0.3, -0.25) is 20.2 Å². The highest BCUT2D eigenvalue weighted by molar-refractivity contribution is 5.49. The normalized spacial score (nSPS) is 10.6. The number of halogens is 2. The van der Waals surface area contributed by atoms with Gasteiger partial charge in [-0.25, -0.2) is 8.78 Å². The number of nitro benzene ring substituents is 2. The van der Waals surface area contributed by atoms with E-state index in [9.17, 15) is 29.0 Å². The number of nitrogens with one attached hydrogen (secondary N) is 1. The summed E-state index contributed by atoms with van der Waals surface area (Å²) in [5.74, 6) is 0. The van der Waals surface area contributed by atoms with Gasteiger partial charge in [-0.2, -0.15) is 0 Å². The summed E-state index contributed by atoms with van der Waals surface area (Å²) < 4.78 is 23.8. The molecule has 18 heavy (non-hydrogen) atoms. The van der Waals surface area contributed by atoms with Gasteiger partial charge in [0.05, 0.1) is 22.5 Å². The minimum Gasteiger partial charge on any atom is -0.307 e. The summed E-state index contributed by atoms with van der Waals surface area (Å²) >= 11 is 0. The Morgan fingerprint density at radius 1 is 1.22 bits per heavy atom. The molecule has 0 bridgehead atoms. The number of benzene rings is 1. The average molecular weight is 261 g/mol. The quantitative estimate of drug-likeness (QED) is 0.622. The van der Waals surface area contributed by atoms with Crippen LogP contribution in [0.4, 0.5) is 20.2 Å². The first-order valence-corrected chi connectivity index (χ1v) is 4.82. The SMILES string of the molecule is O=[N+]([O-])c1ccc(CNCC(F)F)c([N+](=O)[O-])c1. The van der Waals surface area contributed by atoms with Crippen molar-refractivity contribution in [1.82, 2.24) is 5.32 Å². The van der Waals surface area contributed by atoms with Gasteiger partial charge in [-0.1, -0.05) is 0 Å². The molecule has 98 valence electrons. The molecular weight excluding hydrogens is 252 g/mol. The van der Waals surface area contributed by atoms with Crippen molar-refractivity contribution >= 4 is 11.4 Å². The maximum absolute atomic E-state index is 11.9. The van der Waals surface area contributed by atoms with Crippen LogP contribution < -0.4 is 5.32 Å². The fourth-order valence-electron chi connectivity index (χ4n) is 1.30. The van der Waals surface area contributed by atoms with Crippen LogP contribution in [0.1, 0.15) is 5.56 Å². The summed E-state index contributed by atoms with van der Waals surface area (Å²) in [4.78, 5) is 19.6. The zero-order valence-corrected chi connectivity index (χ0v) is 9.01. The Morgan fingerprint density at radius 2 is 1.89 bits per heavy atom. The van der Waals surface area contributed by atoms with E-state index < -0.39 is 34.2 Å². The van der Waals surface area contributed by atoms with Crippen LogP contribution >= 0.6 is 0 Å². The summed E-state index contributed by atoms with van der Waals surface area (Å²) in [6.45, 7) is -0.757. The number of hydrogen-bond acceptors (Lipinski definition) is 5. The number of non-ortho nitro benzene ring substituents is 1. The van der Waals surface area contributed by atoms with Gasteiger partial charge in [0.25, 0.3) is 17.8 Å². The first kappa shape index (κ1) is 13.9. The first-order chi connectivity index (χ1) is 8.41. The molecule has 9 heteroatoms. The van der Waals surface area contributed by atoms with E-state index in [-0.39, 0.29) is 12.1 Å². The van der Waals surface area contributed by atoms with Crippen LogP contribution in [0.3, 0.4) is 0 Å². The number of hydrogen-bond donors (Lipinski definition) is 1. The third kappa shape index (κ3) is 3.70. The number of rotatable bonds is 6. The molecule has 0 spiro atoms. The molecule has 0 unspecified atom stereocenters. The lowest BCUT2D eigenvalue weighted by molar-refractivity contribution is -0.394. The zero-order valence-electron chi connectivity index (χ0n) is 9.01. The van der Waals surface area contributed by atoms with Crippen molar-refractivity contribution in [3.63, 3.8) is 0 Å². The third-order valence-corrected chi connectivity index (χ3v) is 2.09. The van der Waals surface area contributed by atoms with Crippen molar-refractivity contribution in [2.24, 2.45) is 0 Å². The van der Waals surface area contributed by atoms with E-state index in [0.717, 1.165) is 12.1 Å². The van der Waals surface area contributed by atoms with E-state index in [4.69, 9.17) is 0 Å². The van der Waals surface area contributed by atoms with Gasteiger partial charge >= 0.3 is 0 Å². The molecular formula is C9H9F2N3O4. The Kier molecular flexibility index (Phi) is 4.60. The Hall–Kier alpha value is -2.16. The molecule has 0 fully saturated rings. The molecule has 0 radical (unpaired) electrons. The van der Waals surface area contributed by atoms with Gasteiger partial charge in [-0.05, 0) is 6.07 Å². The Balaban J connectivity index is 2.90. The minimum atomic E-state index is -2.57. The van der Waals surface area contributed by atoms with Crippen molar-refractivity contribution < 1.29 is 18.6 Å². The maximum Gasteiger partial charge on any atom is 0.280 e. The van der Waals surface area contributed by atoms with Gasteiger partial charge in [0.2, 0.25) is 0 Å². The summed E-state index contributed by atoms with van der Waals surface area (Å²) in [5.41, 5.74) is -0.767. The van der Waals surface area contributed by atoms with Crippen LogP contribution in [0.25, 0.3) is 0 Å². The molecule has 0 saturated heterocycles. The molecule has 0 aliphatic carbocycles. The van der Waals surface area contributed by atoms with Crippen molar-refractivity contribution in [2.45, 2.75) is 13.0 Å². The molecule has 0 aliphatic rings. The predicted molar refractivity (Wildman–Crippen MR) is 57.5 cm³/mol. The highest BCUT2D eigenvalue weighted by Crippen LogP contribution is 2.24. The Morgan fingerprint density at radius 3 is 2.39 bits per heavy atom. The third-order valence-electron chi connectivity index (χ3n) is 2.09. The van der Waals surface area contributed by atoms with Crippen LogP contribution in [0.15, 0.2) is 18.2 Å². The van der Waals surface area contributed by atoms with Gasteiger partial charge in [-0.15, -0.1) is 0 Å². The maximum atomic E-state index is 11.9. The fraction of sp³-hybridized carbons (Fsp3) is 0.333. The molecule has 1 aromatic carbocycles. The van der Waals surface area contributed by atoms with Crippen LogP contribution in [0.2, 0.25) is 0 Å². The summed E-state index contributed by atoms with van der Waals surface area (Å²) in [7, 11) is 0. The zero-order chi connectivity index (χ0) is 13.7. The van der Waals surface area contributed by atoms with Crippen LogP contribution in [-0.4, -0.2) is 22.8 Å². The lowest BCUT2D eigenvalue weighted by Gasteiger charge is -2.04.